The molecule has 1 aliphatic rings. The Morgan fingerprint density at radius 3 is 2.96 bits per heavy atom. The number of fused-ring (bicyclic) bond motifs is 1. The number of nitrogens with one attached hydrogen (secondary N) is 1. The summed E-state index contributed by atoms with van der Waals surface area (Å²) in [6.45, 7) is 0.904. The SMILES string of the molecule is O=C(O)c1cccc(-n2nc(-c3cccs3)c3c2NCCCC3)c1. The minimum Gasteiger partial charge on any atom is -0.478 e. The van der Waals surface area contributed by atoms with Crippen LogP contribution >= 0.6 is 11.3 Å². The minimum atomic E-state index is -0.929. The Labute approximate surface area is 143 Å². The number of carbonyl (C=O) groups is 1. The summed E-state index contributed by atoms with van der Waals surface area (Å²) in [7, 11) is 0. The van der Waals surface area contributed by atoms with Crippen molar-refractivity contribution >= 4 is 23.1 Å². The van der Waals surface area contributed by atoms with E-state index in [-0.39, 0.29) is 5.56 Å². The minimum absolute atomic E-state index is 0.267. The molecule has 3 aromatic rings. The third kappa shape index (κ3) is 2.59. The molecular formula is C18H17N3O2S. The number of anilines is 1. The predicted octanol–water partition coefficient (Wildman–Crippen LogP) is 4.05. The Morgan fingerprint density at radius 2 is 2.17 bits per heavy atom. The van der Waals surface area contributed by atoms with E-state index in [0.717, 1.165) is 47.9 Å². The number of hydrogen-bond acceptors (Lipinski definition) is 4. The Kier molecular flexibility index (Phi) is 3.82. The van der Waals surface area contributed by atoms with E-state index in [2.05, 4.69) is 16.8 Å². The molecule has 2 aromatic heterocycles. The molecule has 0 radical (unpaired) electrons. The van der Waals surface area contributed by atoms with Crippen LogP contribution in [0, 0.1) is 0 Å². The predicted molar refractivity (Wildman–Crippen MR) is 95.3 cm³/mol. The number of carboxylic acid groups (broad SMARTS) is 1. The zero-order chi connectivity index (χ0) is 16.5. The number of aromatic carboxylic acids is 1. The van der Waals surface area contributed by atoms with Crippen LogP contribution in [0.1, 0.15) is 28.8 Å². The van der Waals surface area contributed by atoms with Crippen molar-refractivity contribution in [1.29, 1.82) is 0 Å². The molecule has 0 saturated carbocycles. The maximum absolute atomic E-state index is 11.3. The molecule has 122 valence electrons. The second kappa shape index (κ2) is 6.13. The summed E-state index contributed by atoms with van der Waals surface area (Å²) in [4.78, 5) is 12.4. The molecule has 0 bridgehead atoms. The summed E-state index contributed by atoms with van der Waals surface area (Å²) in [5.74, 6) is 0.0555. The number of aromatic nitrogens is 2. The quantitative estimate of drug-likeness (QED) is 0.755. The largest absolute Gasteiger partial charge is 0.478 e. The zero-order valence-corrected chi connectivity index (χ0v) is 13.8. The van der Waals surface area contributed by atoms with Crippen LogP contribution in [-0.2, 0) is 6.42 Å². The van der Waals surface area contributed by atoms with Crippen molar-refractivity contribution in [3.05, 3.63) is 52.9 Å². The molecular weight excluding hydrogens is 322 g/mol. The average Bonchev–Trinajstić information content (AvgIpc) is 3.17. The number of carboxylic acids is 1. The number of hydrogen-bond donors (Lipinski definition) is 2. The van der Waals surface area contributed by atoms with Gasteiger partial charge in [0.25, 0.3) is 0 Å². The monoisotopic (exact) mass is 339 g/mol. The first-order valence-corrected chi connectivity index (χ1v) is 8.85. The van der Waals surface area contributed by atoms with Gasteiger partial charge in [-0.15, -0.1) is 11.3 Å². The smallest absolute Gasteiger partial charge is 0.335 e. The van der Waals surface area contributed by atoms with Crippen molar-refractivity contribution in [2.45, 2.75) is 19.3 Å². The fourth-order valence-electron chi connectivity index (χ4n) is 3.07. The van der Waals surface area contributed by atoms with E-state index in [1.807, 2.05) is 16.8 Å². The number of thiophene rings is 1. The van der Waals surface area contributed by atoms with Crippen LogP contribution in [0.5, 0.6) is 0 Å². The third-order valence-electron chi connectivity index (χ3n) is 4.22. The van der Waals surface area contributed by atoms with Gasteiger partial charge >= 0.3 is 5.97 Å². The molecule has 6 heteroatoms. The van der Waals surface area contributed by atoms with Gasteiger partial charge < -0.3 is 10.4 Å². The van der Waals surface area contributed by atoms with E-state index in [0.29, 0.717) is 0 Å². The fraction of sp³-hybridized carbons (Fsp3) is 0.222. The Hall–Kier alpha value is -2.60. The van der Waals surface area contributed by atoms with Crippen LogP contribution in [0.25, 0.3) is 16.3 Å². The Morgan fingerprint density at radius 1 is 1.25 bits per heavy atom. The Balaban J connectivity index is 1.89. The summed E-state index contributed by atoms with van der Waals surface area (Å²) in [6, 6.07) is 11.0. The number of nitrogens with zero attached hydrogens (tertiary/aromatic N) is 2. The molecule has 0 amide bonds. The topological polar surface area (TPSA) is 67.1 Å². The molecule has 3 heterocycles. The maximum atomic E-state index is 11.3. The van der Waals surface area contributed by atoms with Crippen LogP contribution in [0.3, 0.4) is 0 Å². The van der Waals surface area contributed by atoms with Gasteiger partial charge in [-0.1, -0.05) is 12.1 Å². The van der Waals surface area contributed by atoms with E-state index in [4.69, 9.17) is 5.10 Å². The van der Waals surface area contributed by atoms with Crippen molar-refractivity contribution in [1.82, 2.24) is 9.78 Å². The Bertz CT molecular complexity index is 884. The maximum Gasteiger partial charge on any atom is 0.335 e. The third-order valence-corrected chi connectivity index (χ3v) is 5.10. The van der Waals surface area contributed by atoms with E-state index in [1.165, 1.54) is 5.56 Å². The summed E-state index contributed by atoms with van der Waals surface area (Å²) < 4.78 is 1.85. The fourth-order valence-corrected chi connectivity index (χ4v) is 3.81. The first kappa shape index (κ1) is 15.0. The van der Waals surface area contributed by atoms with Gasteiger partial charge in [0.15, 0.2) is 0 Å². The lowest BCUT2D eigenvalue weighted by Crippen LogP contribution is -2.08. The molecule has 0 atom stereocenters. The molecule has 2 N–H and O–H groups in total. The van der Waals surface area contributed by atoms with Gasteiger partial charge in [0.1, 0.15) is 11.5 Å². The lowest BCUT2D eigenvalue weighted by Gasteiger charge is -2.09. The van der Waals surface area contributed by atoms with Gasteiger partial charge in [-0.25, -0.2) is 9.48 Å². The van der Waals surface area contributed by atoms with Crippen LogP contribution in [0.4, 0.5) is 5.82 Å². The highest BCUT2D eigenvalue weighted by atomic mass is 32.1. The van der Waals surface area contributed by atoms with Crippen molar-refractivity contribution in [3.8, 4) is 16.3 Å². The highest BCUT2D eigenvalue weighted by molar-refractivity contribution is 7.13. The van der Waals surface area contributed by atoms with E-state index < -0.39 is 5.97 Å². The van der Waals surface area contributed by atoms with Crippen LogP contribution in [0.2, 0.25) is 0 Å². The number of benzene rings is 1. The number of rotatable bonds is 3. The van der Waals surface area contributed by atoms with Crippen molar-refractivity contribution < 1.29 is 9.90 Å². The summed E-state index contributed by atoms with van der Waals surface area (Å²) in [6.07, 6.45) is 3.22. The molecule has 1 aliphatic heterocycles. The average molecular weight is 339 g/mol. The van der Waals surface area contributed by atoms with Gasteiger partial charge in [0.2, 0.25) is 0 Å². The molecule has 1 aromatic carbocycles. The summed E-state index contributed by atoms with van der Waals surface area (Å²) >= 11 is 1.67. The highest BCUT2D eigenvalue weighted by Crippen LogP contribution is 2.35. The normalized spacial score (nSPS) is 13.8. The van der Waals surface area contributed by atoms with Gasteiger partial charge in [-0.05, 0) is 48.9 Å². The van der Waals surface area contributed by atoms with E-state index in [9.17, 15) is 9.90 Å². The molecule has 4 rings (SSSR count). The van der Waals surface area contributed by atoms with Gasteiger partial charge in [0, 0.05) is 12.1 Å². The second-order valence-electron chi connectivity index (χ2n) is 5.80. The summed E-state index contributed by atoms with van der Waals surface area (Å²) in [5, 5.41) is 19.6. The molecule has 0 fully saturated rings. The van der Waals surface area contributed by atoms with Crippen LogP contribution in [-0.4, -0.2) is 27.4 Å². The van der Waals surface area contributed by atoms with E-state index in [1.54, 1.807) is 29.5 Å². The molecule has 0 saturated heterocycles. The lowest BCUT2D eigenvalue weighted by atomic mass is 10.1. The van der Waals surface area contributed by atoms with E-state index >= 15 is 0 Å². The van der Waals surface area contributed by atoms with Gasteiger partial charge in [-0.3, -0.25) is 0 Å². The lowest BCUT2D eigenvalue weighted by molar-refractivity contribution is 0.0697. The van der Waals surface area contributed by atoms with Crippen LogP contribution < -0.4 is 5.32 Å². The highest BCUT2D eigenvalue weighted by Gasteiger charge is 2.22. The molecule has 0 aliphatic carbocycles. The molecule has 24 heavy (non-hydrogen) atoms. The molecule has 5 nitrogen and oxygen atoms in total. The first-order valence-electron chi connectivity index (χ1n) is 7.97. The van der Waals surface area contributed by atoms with Crippen LogP contribution in [0.15, 0.2) is 41.8 Å². The van der Waals surface area contributed by atoms with Gasteiger partial charge in [-0.2, -0.15) is 5.10 Å². The standard InChI is InChI=1S/C18H17N3O2S/c22-18(23)12-5-3-6-13(11-12)21-17-14(7-1-2-9-19-17)16(20-21)15-8-4-10-24-15/h3-6,8,10-11,19H,1-2,7,9H2,(H,22,23). The second-order valence-corrected chi connectivity index (χ2v) is 6.75. The zero-order valence-electron chi connectivity index (χ0n) is 13.0. The van der Waals surface area contributed by atoms with Crippen molar-refractivity contribution in [2.75, 3.05) is 11.9 Å². The molecule has 0 spiro atoms. The summed E-state index contributed by atoms with van der Waals surface area (Å²) in [5.41, 5.74) is 3.25. The van der Waals surface area contributed by atoms with Gasteiger partial charge in [0.05, 0.1) is 16.1 Å². The first-order chi connectivity index (χ1) is 11.7. The van der Waals surface area contributed by atoms with Crippen molar-refractivity contribution in [3.63, 3.8) is 0 Å². The van der Waals surface area contributed by atoms with Crippen molar-refractivity contribution in [2.24, 2.45) is 0 Å². The molecule has 0 unspecified atom stereocenters.